The Morgan fingerprint density at radius 3 is 2.78 bits per heavy atom. The normalized spacial score (nSPS) is 14.9. The molecule has 1 aliphatic heterocycles. The van der Waals surface area contributed by atoms with Gasteiger partial charge in [0.2, 0.25) is 11.8 Å². The Morgan fingerprint density at radius 1 is 1.19 bits per heavy atom. The highest BCUT2D eigenvalue weighted by Gasteiger charge is 2.32. The lowest BCUT2D eigenvalue weighted by Gasteiger charge is -2.30. The molecule has 3 rings (SSSR count). The third kappa shape index (κ3) is 4.30. The fourth-order valence-corrected chi connectivity index (χ4v) is 3.56. The number of methoxy groups -OCH3 is 1. The predicted molar refractivity (Wildman–Crippen MR) is 106 cm³/mol. The minimum Gasteiger partial charge on any atom is -0.497 e. The topological polar surface area (TPSA) is 58.6 Å². The summed E-state index contributed by atoms with van der Waals surface area (Å²) in [5.41, 5.74) is 2.95. The lowest BCUT2D eigenvalue weighted by molar-refractivity contribution is -0.126. The van der Waals surface area contributed by atoms with Crippen molar-refractivity contribution < 1.29 is 14.3 Å². The van der Waals surface area contributed by atoms with E-state index in [-0.39, 0.29) is 11.8 Å². The van der Waals surface area contributed by atoms with Gasteiger partial charge in [-0.3, -0.25) is 14.5 Å². The van der Waals surface area contributed by atoms with E-state index >= 15 is 0 Å². The molecule has 2 amide bonds. The van der Waals surface area contributed by atoms with Crippen molar-refractivity contribution in [2.45, 2.75) is 45.2 Å². The highest BCUT2D eigenvalue weighted by atomic mass is 16.5. The van der Waals surface area contributed by atoms with Gasteiger partial charge in [0.1, 0.15) is 11.8 Å². The molecule has 0 unspecified atom stereocenters. The van der Waals surface area contributed by atoms with Crippen LogP contribution in [0.1, 0.15) is 37.3 Å². The van der Waals surface area contributed by atoms with Gasteiger partial charge in [-0.25, -0.2) is 0 Å². The minimum atomic E-state index is -0.512. The molecule has 5 nitrogen and oxygen atoms in total. The highest BCUT2D eigenvalue weighted by Crippen LogP contribution is 2.29. The number of nitrogens with one attached hydrogen (secondary N) is 1. The number of fused-ring (bicyclic) bond motifs is 1. The van der Waals surface area contributed by atoms with Crippen LogP contribution in [0.2, 0.25) is 0 Å². The van der Waals surface area contributed by atoms with Crippen molar-refractivity contribution in [3.8, 4) is 5.75 Å². The summed E-state index contributed by atoms with van der Waals surface area (Å²) in [6.45, 7) is 2.34. The summed E-state index contributed by atoms with van der Waals surface area (Å²) in [5, 5.41) is 2.98. The molecule has 0 spiro atoms. The zero-order valence-corrected chi connectivity index (χ0v) is 15.9. The fourth-order valence-electron chi connectivity index (χ4n) is 3.56. The fraction of sp³-hybridized carbons (Fsp3) is 0.364. The summed E-state index contributed by atoms with van der Waals surface area (Å²) in [5.74, 6) is 0.638. The number of rotatable bonds is 6. The second kappa shape index (κ2) is 8.71. The number of anilines is 1. The van der Waals surface area contributed by atoms with E-state index in [0.717, 1.165) is 35.4 Å². The Kier molecular flexibility index (Phi) is 6.12. The second-order valence-corrected chi connectivity index (χ2v) is 6.74. The molecule has 0 aromatic heterocycles. The molecule has 142 valence electrons. The van der Waals surface area contributed by atoms with E-state index < -0.39 is 6.04 Å². The van der Waals surface area contributed by atoms with Crippen molar-refractivity contribution >= 4 is 17.5 Å². The van der Waals surface area contributed by atoms with Gasteiger partial charge >= 0.3 is 0 Å². The Bertz CT molecular complexity index is 819. The van der Waals surface area contributed by atoms with Crippen molar-refractivity contribution in [1.82, 2.24) is 5.32 Å². The molecule has 1 heterocycles. The number of amides is 2. The van der Waals surface area contributed by atoms with Crippen LogP contribution in [-0.2, 0) is 22.6 Å². The first-order chi connectivity index (χ1) is 13.1. The maximum absolute atomic E-state index is 12.9. The zero-order chi connectivity index (χ0) is 19.2. The third-order valence-corrected chi connectivity index (χ3v) is 4.96. The van der Waals surface area contributed by atoms with Crippen LogP contribution in [0.25, 0.3) is 0 Å². The van der Waals surface area contributed by atoms with Gasteiger partial charge in [-0.15, -0.1) is 0 Å². The molecular formula is C22H26N2O3. The quantitative estimate of drug-likeness (QED) is 0.852. The van der Waals surface area contributed by atoms with Crippen molar-refractivity contribution in [1.29, 1.82) is 0 Å². The van der Waals surface area contributed by atoms with E-state index in [1.807, 2.05) is 55.5 Å². The van der Waals surface area contributed by atoms with Crippen LogP contribution in [0.4, 0.5) is 5.69 Å². The first-order valence-corrected chi connectivity index (χ1v) is 9.44. The highest BCUT2D eigenvalue weighted by molar-refractivity contribution is 6.01. The summed E-state index contributed by atoms with van der Waals surface area (Å²) in [7, 11) is 1.62. The summed E-state index contributed by atoms with van der Waals surface area (Å²) < 4.78 is 5.23. The molecule has 0 fully saturated rings. The predicted octanol–water partition coefficient (Wildman–Crippen LogP) is 3.46. The Balaban J connectivity index is 1.78. The van der Waals surface area contributed by atoms with Crippen LogP contribution in [0.5, 0.6) is 5.75 Å². The number of nitrogens with zero attached hydrogens (tertiary/aromatic N) is 1. The Morgan fingerprint density at radius 2 is 2.00 bits per heavy atom. The van der Waals surface area contributed by atoms with Gasteiger partial charge in [-0.1, -0.05) is 37.3 Å². The molecule has 0 radical (unpaired) electrons. The smallest absolute Gasteiger partial charge is 0.243 e. The van der Waals surface area contributed by atoms with E-state index in [4.69, 9.17) is 4.74 Å². The summed E-state index contributed by atoms with van der Waals surface area (Å²) >= 11 is 0. The van der Waals surface area contributed by atoms with Gasteiger partial charge in [0.05, 0.1) is 7.11 Å². The number of ether oxygens (including phenoxy) is 1. The average Bonchev–Trinajstić information content (AvgIpc) is 2.86. The zero-order valence-electron chi connectivity index (χ0n) is 15.9. The second-order valence-electron chi connectivity index (χ2n) is 6.74. The molecule has 1 aliphatic rings. The number of hydrogen-bond donors (Lipinski definition) is 1. The number of para-hydroxylation sites is 1. The molecule has 1 N–H and O–H groups in total. The van der Waals surface area contributed by atoms with Crippen LogP contribution in [0, 0.1) is 0 Å². The number of aryl methyl sites for hydroxylation is 1. The Labute approximate surface area is 160 Å². The van der Waals surface area contributed by atoms with E-state index in [0.29, 0.717) is 19.4 Å². The first kappa shape index (κ1) is 19.0. The van der Waals surface area contributed by atoms with Crippen molar-refractivity contribution in [2.75, 3.05) is 12.0 Å². The lowest BCUT2D eigenvalue weighted by Crippen LogP contribution is -2.49. The molecule has 0 aliphatic carbocycles. The Hall–Kier alpha value is -2.82. The average molecular weight is 366 g/mol. The van der Waals surface area contributed by atoms with Crippen LogP contribution in [0.3, 0.4) is 0 Å². The largest absolute Gasteiger partial charge is 0.497 e. The molecular weight excluding hydrogens is 340 g/mol. The molecule has 27 heavy (non-hydrogen) atoms. The third-order valence-electron chi connectivity index (χ3n) is 4.96. The van der Waals surface area contributed by atoms with Crippen LogP contribution in [-0.4, -0.2) is 25.0 Å². The van der Waals surface area contributed by atoms with Crippen LogP contribution < -0.4 is 15.0 Å². The van der Waals surface area contributed by atoms with Crippen molar-refractivity contribution in [3.63, 3.8) is 0 Å². The van der Waals surface area contributed by atoms with Crippen LogP contribution >= 0.6 is 0 Å². The van der Waals surface area contributed by atoms with E-state index in [2.05, 4.69) is 5.32 Å². The van der Waals surface area contributed by atoms with Crippen molar-refractivity contribution in [2.24, 2.45) is 0 Å². The number of benzene rings is 2. The summed E-state index contributed by atoms with van der Waals surface area (Å²) in [6.07, 6.45) is 2.70. The standard InChI is InChI=1S/C22H26N2O3/c1-3-19(22(26)23-15-16-8-6-11-18(14-16)27-2)24-20-12-5-4-9-17(20)10-7-13-21(24)25/h4-6,8-9,11-12,14,19H,3,7,10,13,15H2,1-2H3,(H,23,26)/t19-/m0/s1. The van der Waals surface area contributed by atoms with E-state index in [1.54, 1.807) is 12.0 Å². The van der Waals surface area contributed by atoms with Gasteiger partial charge in [-0.05, 0) is 48.6 Å². The molecule has 5 heteroatoms. The molecule has 2 aromatic rings. The van der Waals surface area contributed by atoms with Gasteiger partial charge < -0.3 is 10.1 Å². The van der Waals surface area contributed by atoms with Gasteiger partial charge in [0.15, 0.2) is 0 Å². The monoisotopic (exact) mass is 366 g/mol. The number of carbonyl (C=O) groups excluding carboxylic acids is 2. The minimum absolute atomic E-state index is 0.0170. The lowest BCUT2D eigenvalue weighted by atomic mass is 10.1. The SMILES string of the molecule is CC[C@@H](C(=O)NCc1cccc(OC)c1)N1C(=O)CCCc2ccccc21. The van der Waals surface area contributed by atoms with E-state index in [9.17, 15) is 9.59 Å². The van der Waals surface area contributed by atoms with Crippen molar-refractivity contribution in [3.05, 3.63) is 59.7 Å². The van der Waals surface area contributed by atoms with E-state index in [1.165, 1.54) is 0 Å². The van der Waals surface area contributed by atoms with Gasteiger partial charge in [-0.2, -0.15) is 0 Å². The molecule has 0 bridgehead atoms. The van der Waals surface area contributed by atoms with Gasteiger partial charge in [0.25, 0.3) is 0 Å². The molecule has 2 aromatic carbocycles. The van der Waals surface area contributed by atoms with Crippen LogP contribution in [0.15, 0.2) is 48.5 Å². The molecule has 0 saturated heterocycles. The molecule has 1 atom stereocenters. The molecule has 0 saturated carbocycles. The summed E-state index contributed by atoms with van der Waals surface area (Å²) in [4.78, 5) is 27.4. The number of carbonyl (C=O) groups is 2. The first-order valence-electron chi connectivity index (χ1n) is 9.44. The van der Waals surface area contributed by atoms with Gasteiger partial charge in [0, 0.05) is 18.7 Å². The maximum Gasteiger partial charge on any atom is 0.243 e. The number of hydrogen-bond acceptors (Lipinski definition) is 3. The summed E-state index contributed by atoms with van der Waals surface area (Å²) in [6, 6.07) is 15.0. The maximum atomic E-state index is 12.9.